The number of pyridine rings is 1. The van der Waals surface area contributed by atoms with Gasteiger partial charge in [-0.25, -0.2) is 0 Å². The van der Waals surface area contributed by atoms with Crippen LogP contribution in [0.1, 0.15) is 38.1 Å². The van der Waals surface area contributed by atoms with E-state index in [0.717, 1.165) is 42.9 Å². The molecule has 0 aliphatic carbocycles. The van der Waals surface area contributed by atoms with E-state index in [1.807, 2.05) is 26.1 Å². The van der Waals surface area contributed by atoms with Crippen LogP contribution in [-0.4, -0.2) is 24.7 Å². The van der Waals surface area contributed by atoms with E-state index >= 15 is 0 Å². The monoisotopic (exact) mass is 236 g/mol. The van der Waals surface area contributed by atoms with Gasteiger partial charge in [-0.05, 0) is 38.9 Å². The fraction of sp³-hybridized carbons (Fsp3) is 0.643. The topological polar surface area (TPSA) is 34.1 Å². The molecule has 0 bridgehead atoms. The summed E-state index contributed by atoms with van der Waals surface area (Å²) in [6.45, 7) is 7.19. The first-order valence-electron chi connectivity index (χ1n) is 6.49. The quantitative estimate of drug-likeness (QED) is 0.790. The first kappa shape index (κ1) is 14.0. The van der Waals surface area contributed by atoms with Gasteiger partial charge < -0.3 is 10.1 Å². The van der Waals surface area contributed by atoms with Crippen LogP contribution in [0.3, 0.4) is 0 Å². The highest BCUT2D eigenvalue weighted by molar-refractivity contribution is 5.29. The molecular weight excluding hydrogens is 212 g/mol. The molecular formula is C14H24N2O. The van der Waals surface area contributed by atoms with Gasteiger partial charge in [0.2, 0.25) is 0 Å². The van der Waals surface area contributed by atoms with Crippen LogP contribution in [0.4, 0.5) is 0 Å². The molecule has 1 aromatic heterocycles. The smallest absolute Gasteiger partial charge is 0.141 e. The van der Waals surface area contributed by atoms with Crippen molar-refractivity contribution in [2.45, 2.75) is 46.1 Å². The van der Waals surface area contributed by atoms with Gasteiger partial charge in [0.15, 0.2) is 0 Å². The van der Waals surface area contributed by atoms with Crippen molar-refractivity contribution in [3.8, 4) is 5.75 Å². The Morgan fingerprint density at radius 1 is 1.35 bits per heavy atom. The zero-order chi connectivity index (χ0) is 12.7. The molecule has 0 amide bonds. The number of aromatic nitrogens is 1. The van der Waals surface area contributed by atoms with Gasteiger partial charge in [-0.15, -0.1) is 0 Å². The summed E-state index contributed by atoms with van der Waals surface area (Å²) in [6, 6.07) is 4.05. The van der Waals surface area contributed by atoms with Crippen molar-refractivity contribution in [2.75, 3.05) is 13.6 Å². The van der Waals surface area contributed by atoms with Gasteiger partial charge in [-0.2, -0.15) is 0 Å². The molecule has 1 N–H and O–H groups in total. The zero-order valence-electron chi connectivity index (χ0n) is 11.4. The van der Waals surface area contributed by atoms with Crippen molar-refractivity contribution in [1.29, 1.82) is 0 Å². The fourth-order valence-electron chi connectivity index (χ4n) is 1.89. The Labute approximate surface area is 105 Å². The van der Waals surface area contributed by atoms with Gasteiger partial charge in [0.05, 0.1) is 5.69 Å². The molecule has 1 atom stereocenters. The molecule has 3 nitrogen and oxygen atoms in total. The van der Waals surface area contributed by atoms with Crippen molar-refractivity contribution in [3.63, 3.8) is 0 Å². The minimum Gasteiger partial charge on any atom is -0.487 e. The first-order valence-corrected chi connectivity index (χ1v) is 6.49. The molecule has 1 aromatic rings. The molecule has 1 rings (SSSR count). The number of ether oxygens (including phenoxy) is 1. The Morgan fingerprint density at radius 2 is 2.12 bits per heavy atom. The molecule has 1 heterocycles. The molecule has 0 aromatic carbocycles. The number of likely N-dealkylation sites (N-methyl/N-ethyl adjacent to an activating group) is 1. The molecule has 0 spiro atoms. The normalized spacial score (nSPS) is 12.5. The van der Waals surface area contributed by atoms with Gasteiger partial charge in [-0.3, -0.25) is 4.98 Å². The van der Waals surface area contributed by atoms with E-state index in [4.69, 9.17) is 4.74 Å². The number of hydrogen-bond acceptors (Lipinski definition) is 3. The highest BCUT2D eigenvalue weighted by Gasteiger charge is 2.11. The molecule has 1 unspecified atom stereocenters. The highest BCUT2D eigenvalue weighted by Crippen LogP contribution is 2.20. The van der Waals surface area contributed by atoms with Crippen molar-refractivity contribution in [3.05, 3.63) is 23.5 Å². The maximum Gasteiger partial charge on any atom is 0.141 e. The van der Waals surface area contributed by atoms with Crippen LogP contribution in [0.15, 0.2) is 12.1 Å². The summed E-state index contributed by atoms with van der Waals surface area (Å²) in [7, 11) is 1.96. The molecule has 0 aliphatic heterocycles. The number of nitrogens with zero attached hydrogens (tertiary/aromatic N) is 1. The van der Waals surface area contributed by atoms with E-state index in [1.165, 1.54) is 0 Å². The third-order valence-electron chi connectivity index (χ3n) is 2.74. The summed E-state index contributed by atoms with van der Waals surface area (Å²) in [5, 5.41) is 3.18. The lowest BCUT2D eigenvalue weighted by Gasteiger charge is -2.20. The van der Waals surface area contributed by atoms with E-state index in [1.54, 1.807) is 0 Å². The Balaban J connectivity index is 2.76. The maximum atomic E-state index is 6.05. The van der Waals surface area contributed by atoms with Crippen LogP contribution in [0.5, 0.6) is 5.75 Å². The minimum atomic E-state index is 0.236. The zero-order valence-corrected chi connectivity index (χ0v) is 11.4. The minimum absolute atomic E-state index is 0.236. The predicted octanol–water partition coefficient (Wildman–Crippen LogP) is 2.72. The third-order valence-corrected chi connectivity index (χ3v) is 2.74. The summed E-state index contributed by atoms with van der Waals surface area (Å²) in [5.41, 5.74) is 2.11. The number of rotatable bonds is 7. The number of hydrogen-bond donors (Lipinski definition) is 1. The lowest BCUT2D eigenvalue weighted by Crippen LogP contribution is -2.29. The van der Waals surface area contributed by atoms with E-state index < -0.39 is 0 Å². The molecule has 0 saturated heterocycles. The lowest BCUT2D eigenvalue weighted by atomic mass is 10.2. The summed E-state index contributed by atoms with van der Waals surface area (Å²) >= 11 is 0. The van der Waals surface area contributed by atoms with Gasteiger partial charge in [0, 0.05) is 12.2 Å². The molecule has 0 radical (unpaired) electrons. The van der Waals surface area contributed by atoms with Crippen LogP contribution in [0, 0.1) is 6.92 Å². The average molecular weight is 236 g/mol. The summed E-state index contributed by atoms with van der Waals surface area (Å²) in [4.78, 5) is 4.52. The van der Waals surface area contributed by atoms with Gasteiger partial charge in [0.25, 0.3) is 0 Å². The fourth-order valence-corrected chi connectivity index (χ4v) is 1.89. The Morgan fingerprint density at radius 3 is 2.71 bits per heavy atom. The standard InChI is InChI=1S/C14H24N2O/c1-5-7-12(10-15-4)17-14-9-8-11(3)16-13(14)6-2/h8-9,12,15H,5-7,10H2,1-4H3. The summed E-state index contributed by atoms with van der Waals surface area (Å²) in [5.74, 6) is 0.937. The summed E-state index contributed by atoms with van der Waals surface area (Å²) in [6.07, 6.45) is 3.35. The SMILES string of the molecule is CCCC(CNC)Oc1ccc(C)nc1CC. The second kappa shape index (κ2) is 7.28. The van der Waals surface area contributed by atoms with Crippen molar-refractivity contribution >= 4 is 0 Å². The average Bonchev–Trinajstić information content (AvgIpc) is 2.32. The lowest BCUT2D eigenvalue weighted by molar-refractivity contribution is 0.186. The van der Waals surface area contributed by atoms with Crippen molar-refractivity contribution in [1.82, 2.24) is 10.3 Å². The van der Waals surface area contributed by atoms with E-state index in [-0.39, 0.29) is 6.10 Å². The third kappa shape index (κ3) is 4.35. The largest absolute Gasteiger partial charge is 0.487 e. The predicted molar refractivity (Wildman–Crippen MR) is 71.6 cm³/mol. The molecule has 3 heteroatoms. The molecule has 0 aliphatic rings. The van der Waals surface area contributed by atoms with Gasteiger partial charge in [0.1, 0.15) is 11.9 Å². The number of aryl methyl sites for hydroxylation is 2. The Hall–Kier alpha value is -1.09. The summed E-state index contributed by atoms with van der Waals surface area (Å²) < 4.78 is 6.05. The Bertz CT molecular complexity index is 333. The van der Waals surface area contributed by atoms with E-state index in [9.17, 15) is 0 Å². The Kier molecular flexibility index (Phi) is 5.98. The van der Waals surface area contributed by atoms with E-state index in [2.05, 4.69) is 24.1 Å². The van der Waals surface area contributed by atoms with Gasteiger partial charge in [-0.1, -0.05) is 20.3 Å². The van der Waals surface area contributed by atoms with Crippen LogP contribution in [-0.2, 0) is 6.42 Å². The van der Waals surface area contributed by atoms with Gasteiger partial charge >= 0.3 is 0 Å². The molecule has 0 saturated carbocycles. The highest BCUT2D eigenvalue weighted by atomic mass is 16.5. The molecule has 17 heavy (non-hydrogen) atoms. The van der Waals surface area contributed by atoms with Crippen molar-refractivity contribution in [2.24, 2.45) is 0 Å². The number of nitrogens with one attached hydrogen (secondary N) is 1. The van der Waals surface area contributed by atoms with Crippen molar-refractivity contribution < 1.29 is 4.74 Å². The van der Waals surface area contributed by atoms with Crippen LogP contribution < -0.4 is 10.1 Å². The molecule has 96 valence electrons. The second-order valence-electron chi connectivity index (χ2n) is 4.34. The van der Waals surface area contributed by atoms with Crippen LogP contribution in [0.2, 0.25) is 0 Å². The van der Waals surface area contributed by atoms with Crippen LogP contribution in [0.25, 0.3) is 0 Å². The van der Waals surface area contributed by atoms with E-state index in [0.29, 0.717) is 0 Å². The first-order chi connectivity index (χ1) is 8.21. The molecule has 0 fully saturated rings. The van der Waals surface area contributed by atoms with Crippen LogP contribution >= 0.6 is 0 Å². The maximum absolute atomic E-state index is 6.05. The second-order valence-corrected chi connectivity index (χ2v) is 4.34.